The molecule has 0 spiro atoms. The van der Waals surface area contributed by atoms with Crippen molar-refractivity contribution in [2.45, 2.75) is 12.6 Å². The second kappa shape index (κ2) is 4.80. The van der Waals surface area contributed by atoms with Crippen LogP contribution in [0.3, 0.4) is 0 Å². The Morgan fingerprint density at radius 2 is 2.06 bits per heavy atom. The summed E-state index contributed by atoms with van der Waals surface area (Å²) >= 11 is 0. The van der Waals surface area contributed by atoms with Crippen molar-refractivity contribution in [1.82, 2.24) is 9.88 Å². The molecule has 0 bridgehead atoms. The Morgan fingerprint density at radius 1 is 1.28 bits per heavy atom. The molecule has 1 aromatic rings. The summed E-state index contributed by atoms with van der Waals surface area (Å²) in [6.45, 7) is 1.07. The van der Waals surface area contributed by atoms with Crippen LogP contribution >= 0.6 is 0 Å². The van der Waals surface area contributed by atoms with E-state index in [1.165, 1.54) is 0 Å². The van der Waals surface area contributed by atoms with Crippen molar-refractivity contribution in [3.8, 4) is 0 Å². The van der Waals surface area contributed by atoms with Gasteiger partial charge in [0.15, 0.2) is 0 Å². The zero-order chi connectivity index (χ0) is 13.2. The highest BCUT2D eigenvalue weighted by Gasteiger charge is 2.32. The molecule has 0 radical (unpaired) electrons. The first kappa shape index (κ1) is 12.6. The summed E-state index contributed by atoms with van der Waals surface area (Å²) in [5.41, 5.74) is -0.809. The monoisotopic (exact) mass is 256 g/mol. The highest BCUT2D eigenvalue weighted by atomic mass is 19.4. The van der Waals surface area contributed by atoms with Gasteiger partial charge in [0.1, 0.15) is 5.69 Å². The van der Waals surface area contributed by atoms with Gasteiger partial charge in [-0.05, 0) is 18.6 Å². The summed E-state index contributed by atoms with van der Waals surface area (Å²) in [6.07, 6.45) is 1.09. The van der Waals surface area contributed by atoms with Crippen molar-refractivity contribution < 1.29 is 18.0 Å². The Kier molecular flexibility index (Phi) is 3.36. The lowest BCUT2D eigenvalue weighted by molar-refractivity contribution is -0.141. The molecule has 96 valence electrons. The molecule has 0 atom stereocenters. The van der Waals surface area contributed by atoms with Crippen molar-refractivity contribution in [1.29, 1.82) is 0 Å². The maximum absolute atomic E-state index is 12.3. The van der Waals surface area contributed by atoms with E-state index < -0.39 is 11.9 Å². The molecule has 1 amide bonds. The minimum absolute atomic E-state index is 0.179. The number of halogens is 3. The molecule has 0 unspecified atom stereocenters. The lowest BCUT2D eigenvalue weighted by Crippen LogP contribution is -2.33. The lowest BCUT2D eigenvalue weighted by atomic mass is 10.2. The molecule has 2 rings (SSSR count). The number of amides is 1. The van der Waals surface area contributed by atoms with E-state index in [0.717, 1.165) is 24.8 Å². The molecular formula is C12H11F3N2O. The van der Waals surface area contributed by atoms with Crippen molar-refractivity contribution >= 4 is 5.91 Å². The molecule has 0 fully saturated rings. The molecule has 0 N–H and O–H groups in total. The van der Waals surface area contributed by atoms with Crippen LogP contribution in [0.1, 0.15) is 22.5 Å². The van der Waals surface area contributed by atoms with Crippen LogP contribution in [0.15, 0.2) is 30.5 Å². The smallest absolute Gasteiger partial charge is 0.335 e. The van der Waals surface area contributed by atoms with Gasteiger partial charge in [-0.3, -0.25) is 9.78 Å². The van der Waals surface area contributed by atoms with Crippen LogP contribution in [0.25, 0.3) is 0 Å². The molecule has 0 aliphatic carbocycles. The van der Waals surface area contributed by atoms with Crippen LogP contribution in [-0.2, 0) is 6.18 Å². The quantitative estimate of drug-likeness (QED) is 0.723. The molecule has 1 aliphatic heterocycles. The van der Waals surface area contributed by atoms with E-state index in [0.29, 0.717) is 13.1 Å². The van der Waals surface area contributed by atoms with E-state index in [2.05, 4.69) is 4.98 Å². The third-order valence-electron chi connectivity index (χ3n) is 2.65. The van der Waals surface area contributed by atoms with E-state index >= 15 is 0 Å². The largest absolute Gasteiger partial charge is 0.433 e. The zero-order valence-electron chi connectivity index (χ0n) is 9.44. The van der Waals surface area contributed by atoms with Gasteiger partial charge in [0.2, 0.25) is 0 Å². The SMILES string of the molecule is O=C(c1ccc(C(F)(F)F)nc1)N1CC=CCC1. The van der Waals surface area contributed by atoms with Crippen LogP contribution in [0, 0.1) is 0 Å². The number of alkyl halides is 3. The van der Waals surface area contributed by atoms with Gasteiger partial charge in [0.25, 0.3) is 5.91 Å². The third-order valence-corrected chi connectivity index (χ3v) is 2.65. The summed E-state index contributed by atoms with van der Waals surface area (Å²) in [5.74, 6) is -0.291. The minimum atomic E-state index is -4.48. The average Bonchev–Trinajstić information content (AvgIpc) is 2.38. The Labute approximate surface area is 102 Å². The number of nitrogens with zero attached hydrogens (tertiary/aromatic N) is 2. The van der Waals surface area contributed by atoms with Gasteiger partial charge in [-0.1, -0.05) is 12.2 Å². The second-order valence-corrected chi connectivity index (χ2v) is 3.94. The van der Waals surface area contributed by atoms with Gasteiger partial charge < -0.3 is 4.90 Å². The number of pyridine rings is 1. The van der Waals surface area contributed by atoms with Gasteiger partial charge in [-0.2, -0.15) is 13.2 Å². The molecule has 2 heterocycles. The van der Waals surface area contributed by atoms with Crippen molar-refractivity contribution in [2.75, 3.05) is 13.1 Å². The fourth-order valence-electron chi connectivity index (χ4n) is 1.70. The Bertz CT molecular complexity index is 465. The van der Waals surface area contributed by atoms with Crippen LogP contribution in [0.4, 0.5) is 13.2 Å². The molecule has 1 aliphatic rings. The number of carbonyl (C=O) groups excluding carboxylic acids is 1. The van der Waals surface area contributed by atoms with Gasteiger partial charge >= 0.3 is 6.18 Å². The standard InChI is InChI=1S/C12H11F3N2O/c13-12(14,15)10-5-4-9(8-16-10)11(18)17-6-2-1-3-7-17/h1-2,4-5,8H,3,6-7H2. The summed E-state index contributed by atoms with van der Waals surface area (Å²) in [7, 11) is 0. The van der Waals surface area contributed by atoms with Gasteiger partial charge in [0, 0.05) is 19.3 Å². The highest BCUT2D eigenvalue weighted by Crippen LogP contribution is 2.27. The highest BCUT2D eigenvalue weighted by molar-refractivity contribution is 5.94. The zero-order valence-corrected chi connectivity index (χ0v) is 9.44. The summed E-state index contributed by atoms with van der Waals surface area (Å²) in [4.78, 5) is 16.8. The Hall–Kier alpha value is -1.85. The van der Waals surface area contributed by atoms with E-state index in [-0.39, 0.29) is 11.5 Å². The predicted molar refractivity (Wildman–Crippen MR) is 58.9 cm³/mol. The number of carbonyl (C=O) groups is 1. The van der Waals surface area contributed by atoms with E-state index in [4.69, 9.17) is 0 Å². The van der Waals surface area contributed by atoms with Crippen LogP contribution in [0.5, 0.6) is 0 Å². The van der Waals surface area contributed by atoms with Crippen molar-refractivity contribution in [3.05, 3.63) is 41.7 Å². The van der Waals surface area contributed by atoms with E-state index in [1.54, 1.807) is 4.90 Å². The fraction of sp³-hybridized carbons (Fsp3) is 0.333. The van der Waals surface area contributed by atoms with E-state index in [1.807, 2.05) is 12.2 Å². The molecule has 1 aromatic heterocycles. The normalized spacial score (nSPS) is 15.8. The van der Waals surface area contributed by atoms with Crippen LogP contribution in [-0.4, -0.2) is 28.9 Å². The number of rotatable bonds is 1. The van der Waals surface area contributed by atoms with E-state index in [9.17, 15) is 18.0 Å². The molecular weight excluding hydrogens is 245 g/mol. The van der Waals surface area contributed by atoms with Gasteiger partial charge in [-0.25, -0.2) is 0 Å². The second-order valence-electron chi connectivity index (χ2n) is 3.94. The molecule has 6 heteroatoms. The first-order valence-electron chi connectivity index (χ1n) is 5.46. The van der Waals surface area contributed by atoms with Gasteiger partial charge in [-0.15, -0.1) is 0 Å². The summed E-state index contributed by atoms with van der Waals surface area (Å²) in [5, 5.41) is 0. The maximum Gasteiger partial charge on any atom is 0.433 e. The molecule has 0 aromatic carbocycles. The number of hydrogen-bond acceptors (Lipinski definition) is 2. The number of hydrogen-bond donors (Lipinski definition) is 0. The Morgan fingerprint density at radius 3 is 2.56 bits per heavy atom. The van der Waals surface area contributed by atoms with Crippen molar-refractivity contribution in [3.63, 3.8) is 0 Å². The first-order chi connectivity index (χ1) is 8.48. The predicted octanol–water partition coefficient (Wildman–Crippen LogP) is 2.50. The molecule has 3 nitrogen and oxygen atoms in total. The Balaban J connectivity index is 2.14. The third kappa shape index (κ3) is 2.69. The topological polar surface area (TPSA) is 33.2 Å². The fourth-order valence-corrected chi connectivity index (χ4v) is 1.70. The molecule has 0 saturated heterocycles. The maximum atomic E-state index is 12.3. The summed E-state index contributed by atoms with van der Waals surface area (Å²) in [6, 6.07) is 1.99. The van der Waals surface area contributed by atoms with Crippen LogP contribution < -0.4 is 0 Å². The first-order valence-corrected chi connectivity index (χ1v) is 5.46. The van der Waals surface area contributed by atoms with Crippen molar-refractivity contribution in [2.24, 2.45) is 0 Å². The molecule has 0 saturated carbocycles. The van der Waals surface area contributed by atoms with Crippen LogP contribution in [0.2, 0.25) is 0 Å². The minimum Gasteiger partial charge on any atom is -0.335 e. The average molecular weight is 256 g/mol. The number of aromatic nitrogens is 1. The summed E-state index contributed by atoms with van der Waals surface area (Å²) < 4.78 is 36.9. The molecule has 18 heavy (non-hydrogen) atoms. The lowest BCUT2D eigenvalue weighted by Gasteiger charge is -2.23. The van der Waals surface area contributed by atoms with Gasteiger partial charge in [0.05, 0.1) is 5.56 Å².